The first kappa shape index (κ1) is 20.0. The van der Waals surface area contributed by atoms with E-state index in [2.05, 4.69) is 54.7 Å². The first-order valence-corrected chi connectivity index (χ1v) is 9.49. The predicted octanol–water partition coefficient (Wildman–Crippen LogP) is 5.32. The number of esters is 1. The summed E-state index contributed by atoms with van der Waals surface area (Å²) >= 11 is 0. The molecule has 1 aromatic carbocycles. The first-order chi connectivity index (χ1) is 12.5. The lowest BCUT2D eigenvalue weighted by molar-refractivity contribution is -0.134. The third-order valence-corrected chi connectivity index (χ3v) is 4.81. The van der Waals surface area contributed by atoms with Gasteiger partial charge >= 0.3 is 5.97 Å². The minimum atomic E-state index is -0.323. The summed E-state index contributed by atoms with van der Waals surface area (Å²) in [6.45, 7) is 9.74. The molecule has 0 bridgehead atoms. The summed E-state index contributed by atoms with van der Waals surface area (Å²) in [5.74, 6) is -0.323. The summed E-state index contributed by atoms with van der Waals surface area (Å²) in [4.78, 5) is 13.8. The second-order valence-electron chi connectivity index (χ2n) is 7.05. The van der Waals surface area contributed by atoms with Gasteiger partial charge in [0.05, 0.1) is 7.11 Å². The van der Waals surface area contributed by atoms with E-state index in [1.165, 1.54) is 42.0 Å². The van der Waals surface area contributed by atoms with E-state index in [9.17, 15) is 4.79 Å². The summed E-state index contributed by atoms with van der Waals surface area (Å²) in [5, 5.41) is 0. The van der Waals surface area contributed by atoms with E-state index >= 15 is 0 Å². The highest BCUT2D eigenvalue weighted by Gasteiger charge is 2.19. The molecule has 1 aromatic rings. The fraction of sp³-hybridized carbons (Fsp3) is 0.435. The van der Waals surface area contributed by atoms with Crippen molar-refractivity contribution in [1.29, 1.82) is 0 Å². The SMILES string of the molecule is CC/C(=C/C=C/C(C)=C/C(=O)OC)c1ccc2c(c1)CCCN2C(C)C. The van der Waals surface area contributed by atoms with E-state index in [0.29, 0.717) is 6.04 Å². The highest BCUT2D eigenvalue weighted by molar-refractivity contribution is 5.83. The van der Waals surface area contributed by atoms with E-state index in [4.69, 9.17) is 0 Å². The molecule has 2 rings (SSSR count). The van der Waals surface area contributed by atoms with Crippen LogP contribution in [0.2, 0.25) is 0 Å². The molecule has 26 heavy (non-hydrogen) atoms. The number of aryl methyl sites for hydroxylation is 1. The number of ether oxygens (including phenoxy) is 1. The van der Waals surface area contributed by atoms with Crippen LogP contribution in [0.4, 0.5) is 5.69 Å². The van der Waals surface area contributed by atoms with Gasteiger partial charge in [0.2, 0.25) is 0 Å². The Kier molecular flexibility index (Phi) is 7.26. The quantitative estimate of drug-likeness (QED) is 0.394. The lowest BCUT2D eigenvalue weighted by atomic mass is 9.94. The van der Waals surface area contributed by atoms with Gasteiger partial charge in [0.25, 0.3) is 0 Å². The zero-order valence-corrected chi connectivity index (χ0v) is 16.7. The van der Waals surface area contributed by atoms with Crippen LogP contribution in [0.15, 0.2) is 48.1 Å². The molecule has 1 heterocycles. The number of carbonyl (C=O) groups excluding carboxylic acids is 1. The van der Waals surface area contributed by atoms with E-state index in [-0.39, 0.29) is 5.97 Å². The van der Waals surface area contributed by atoms with Crippen LogP contribution in [0.25, 0.3) is 5.57 Å². The van der Waals surface area contributed by atoms with E-state index in [1.807, 2.05) is 19.1 Å². The maximum Gasteiger partial charge on any atom is 0.330 e. The van der Waals surface area contributed by atoms with Crippen LogP contribution in [0.3, 0.4) is 0 Å². The van der Waals surface area contributed by atoms with Crippen molar-refractivity contribution >= 4 is 17.2 Å². The molecule has 3 heteroatoms. The molecule has 0 unspecified atom stereocenters. The Bertz CT molecular complexity index is 726. The normalized spacial score (nSPS) is 15.5. The van der Waals surface area contributed by atoms with Gasteiger partial charge in [-0.25, -0.2) is 4.79 Å². The van der Waals surface area contributed by atoms with Gasteiger partial charge < -0.3 is 9.64 Å². The summed E-state index contributed by atoms with van der Waals surface area (Å²) in [6.07, 6.45) is 10.9. The zero-order chi connectivity index (χ0) is 19.1. The van der Waals surface area contributed by atoms with Gasteiger partial charge in [-0.3, -0.25) is 0 Å². The number of nitrogens with zero attached hydrogens (tertiary/aromatic N) is 1. The van der Waals surface area contributed by atoms with E-state index in [0.717, 1.165) is 25.0 Å². The van der Waals surface area contributed by atoms with Crippen LogP contribution >= 0.6 is 0 Å². The minimum absolute atomic E-state index is 0.323. The monoisotopic (exact) mass is 353 g/mol. The van der Waals surface area contributed by atoms with Crippen molar-refractivity contribution in [2.45, 2.75) is 53.0 Å². The Hall–Kier alpha value is -2.29. The standard InChI is InChI=1S/C23H31NO2/c1-6-19(10-7-9-18(4)15-23(25)26-5)20-12-13-22-21(16-20)11-8-14-24(22)17(2)3/h7,9-10,12-13,15-17H,6,8,11,14H2,1-5H3/b9-7+,18-15+,19-10-. The molecular weight excluding hydrogens is 322 g/mol. The van der Waals surface area contributed by atoms with Crippen molar-refractivity contribution in [3.63, 3.8) is 0 Å². The Morgan fingerprint density at radius 1 is 1.35 bits per heavy atom. The van der Waals surface area contributed by atoms with Gasteiger partial charge in [0, 0.05) is 24.4 Å². The average Bonchev–Trinajstić information content (AvgIpc) is 2.64. The van der Waals surface area contributed by atoms with Crippen molar-refractivity contribution in [2.24, 2.45) is 0 Å². The Morgan fingerprint density at radius 2 is 2.12 bits per heavy atom. The van der Waals surface area contributed by atoms with Gasteiger partial charge in [-0.15, -0.1) is 0 Å². The molecule has 0 spiro atoms. The Labute approximate surface area is 158 Å². The number of methoxy groups -OCH3 is 1. The first-order valence-electron chi connectivity index (χ1n) is 9.49. The molecule has 1 aliphatic heterocycles. The molecule has 0 N–H and O–H groups in total. The molecule has 1 aliphatic rings. The molecule has 0 aliphatic carbocycles. The molecule has 0 saturated carbocycles. The van der Waals surface area contributed by atoms with Crippen LogP contribution in [-0.4, -0.2) is 25.7 Å². The molecule has 0 radical (unpaired) electrons. The molecule has 140 valence electrons. The van der Waals surface area contributed by atoms with Crippen LogP contribution in [0.5, 0.6) is 0 Å². The smallest absolute Gasteiger partial charge is 0.330 e. The second kappa shape index (κ2) is 9.42. The molecular formula is C23H31NO2. The fourth-order valence-electron chi connectivity index (χ4n) is 3.39. The van der Waals surface area contributed by atoms with Crippen molar-refractivity contribution in [3.8, 4) is 0 Å². The van der Waals surface area contributed by atoms with Gasteiger partial charge in [0.15, 0.2) is 0 Å². The van der Waals surface area contributed by atoms with Crippen molar-refractivity contribution in [2.75, 3.05) is 18.6 Å². The molecule has 0 aromatic heterocycles. The van der Waals surface area contributed by atoms with E-state index in [1.54, 1.807) is 0 Å². The highest BCUT2D eigenvalue weighted by atomic mass is 16.5. The Morgan fingerprint density at radius 3 is 2.77 bits per heavy atom. The summed E-state index contributed by atoms with van der Waals surface area (Å²) in [5.41, 5.74) is 6.31. The van der Waals surface area contributed by atoms with Gasteiger partial charge in [-0.1, -0.05) is 31.2 Å². The lowest BCUT2D eigenvalue weighted by Gasteiger charge is -2.35. The fourth-order valence-corrected chi connectivity index (χ4v) is 3.39. The molecule has 0 amide bonds. The molecule has 0 fully saturated rings. The van der Waals surface area contributed by atoms with Gasteiger partial charge in [0.1, 0.15) is 0 Å². The minimum Gasteiger partial charge on any atom is -0.466 e. The lowest BCUT2D eigenvalue weighted by Crippen LogP contribution is -2.35. The topological polar surface area (TPSA) is 29.5 Å². The third kappa shape index (κ3) is 5.10. The number of rotatable bonds is 6. The zero-order valence-electron chi connectivity index (χ0n) is 16.7. The molecule has 0 saturated heterocycles. The number of anilines is 1. The van der Waals surface area contributed by atoms with Crippen LogP contribution in [0.1, 0.15) is 51.7 Å². The third-order valence-electron chi connectivity index (χ3n) is 4.81. The van der Waals surface area contributed by atoms with E-state index < -0.39 is 0 Å². The van der Waals surface area contributed by atoms with Crippen LogP contribution in [-0.2, 0) is 16.0 Å². The number of benzene rings is 1. The number of hydrogen-bond acceptors (Lipinski definition) is 3. The summed E-state index contributed by atoms with van der Waals surface area (Å²) in [7, 11) is 1.39. The maximum atomic E-state index is 11.3. The average molecular weight is 354 g/mol. The number of hydrogen-bond donors (Lipinski definition) is 0. The largest absolute Gasteiger partial charge is 0.466 e. The Balaban J connectivity index is 2.22. The van der Waals surface area contributed by atoms with Gasteiger partial charge in [-0.2, -0.15) is 0 Å². The predicted molar refractivity (Wildman–Crippen MR) is 110 cm³/mol. The summed E-state index contributed by atoms with van der Waals surface area (Å²) < 4.78 is 4.65. The maximum absolute atomic E-state index is 11.3. The molecule has 0 atom stereocenters. The molecule has 3 nitrogen and oxygen atoms in total. The van der Waals surface area contributed by atoms with Crippen molar-refractivity contribution < 1.29 is 9.53 Å². The van der Waals surface area contributed by atoms with Crippen LogP contribution in [0, 0.1) is 0 Å². The van der Waals surface area contributed by atoms with Crippen molar-refractivity contribution in [1.82, 2.24) is 0 Å². The van der Waals surface area contributed by atoms with Gasteiger partial charge in [-0.05, 0) is 74.4 Å². The second-order valence-corrected chi connectivity index (χ2v) is 7.05. The number of carbonyl (C=O) groups is 1. The summed E-state index contributed by atoms with van der Waals surface area (Å²) in [6, 6.07) is 7.40. The van der Waals surface area contributed by atoms with Crippen LogP contribution < -0.4 is 4.90 Å². The highest BCUT2D eigenvalue weighted by Crippen LogP contribution is 2.32. The number of allylic oxidation sites excluding steroid dienone is 5. The number of fused-ring (bicyclic) bond motifs is 1. The van der Waals surface area contributed by atoms with Crippen molar-refractivity contribution in [3.05, 3.63) is 59.2 Å².